The van der Waals surface area contributed by atoms with E-state index in [0.29, 0.717) is 6.42 Å². The normalized spacial score (nSPS) is 15.6. The fourth-order valence-electron chi connectivity index (χ4n) is 1.04. The Morgan fingerprint density at radius 2 is 2.00 bits per heavy atom. The highest BCUT2D eigenvalue weighted by Crippen LogP contribution is 2.08. The van der Waals surface area contributed by atoms with E-state index in [2.05, 4.69) is 5.43 Å². The Hall–Kier alpha value is -0.900. The highest BCUT2D eigenvalue weighted by atomic mass is 16.3. The van der Waals surface area contributed by atoms with Crippen molar-refractivity contribution in [1.29, 1.82) is 0 Å². The zero-order valence-corrected chi connectivity index (χ0v) is 7.12. The zero-order valence-electron chi connectivity index (χ0n) is 7.12. The van der Waals surface area contributed by atoms with Gasteiger partial charge in [0.15, 0.2) is 0 Å². The fraction of sp³-hybridized carbons (Fsp3) is 0.333. The summed E-state index contributed by atoms with van der Waals surface area (Å²) in [5.41, 5.74) is 2.37. The topological polar surface area (TPSA) is 58.3 Å². The van der Waals surface area contributed by atoms with Gasteiger partial charge in [-0.05, 0) is 12.5 Å². The summed E-state index contributed by atoms with van der Waals surface area (Å²) in [4.78, 5) is 0. The molecule has 1 unspecified atom stereocenters. The molecule has 1 aromatic carbocycles. The molecule has 0 aliphatic heterocycles. The highest BCUT2D eigenvalue weighted by Gasteiger charge is 2.17. The van der Waals surface area contributed by atoms with Gasteiger partial charge in [-0.15, -0.1) is 0 Å². The molecule has 0 heterocycles. The van der Waals surface area contributed by atoms with Crippen molar-refractivity contribution in [3.8, 4) is 0 Å². The summed E-state index contributed by atoms with van der Waals surface area (Å²) < 4.78 is 0. The molecule has 0 spiro atoms. The van der Waals surface area contributed by atoms with Crippen LogP contribution < -0.4 is 11.3 Å². The van der Waals surface area contributed by atoms with E-state index in [1.807, 2.05) is 30.3 Å². The molecule has 0 aliphatic carbocycles. The van der Waals surface area contributed by atoms with E-state index in [0.717, 1.165) is 5.56 Å². The summed E-state index contributed by atoms with van der Waals surface area (Å²) in [6.07, 6.45) is 0.504. The predicted octanol–water partition coefficient (Wildman–Crippen LogP) is 0.401. The van der Waals surface area contributed by atoms with Crippen molar-refractivity contribution in [2.45, 2.75) is 19.1 Å². The molecule has 1 atom stereocenters. The van der Waals surface area contributed by atoms with Crippen LogP contribution in [0.5, 0.6) is 0 Å². The second-order valence-electron chi connectivity index (χ2n) is 3.08. The summed E-state index contributed by atoms with van der Waals surface area (Å²) in [7, 11) is 0. The minimum absolute atomic E-state index is 0.504. The van der Waals surface area contributed by atoms with Gasteiger partial charge in [0.25, 0.3) is 0 Å². The molecule has 0 fully saturated rings. The maximum absolute atomic E-state index is 9.54. The van der Waals surface area contributed by atoms with Gasteiger partial charge < -0.3 is 5.11 Å². The van der Waals surface area contributed by atoms with E-state index in [1.54, 1.807) is 6.92 Å². The summed E-state index contributed by atoms with van der Waals surface area (Å²) in [6, 6.07) is 9.70. The van der Waals surface area contributed by atoms with Crippen molar-refractivity contribution in [3.63, 3.8) is 0 Å². The van der Waals surface area contributed by atoms with Gasteiger partial charge in [-0.3, -0.25) is 5.84 Å². The van der Waals surface area contributed by atoms with E-state index in [4.69, 9.17) is 5.84 Å². The molecule has 1 rings (SSSR count). The minimum Gasteiger partial charge on any atom is -0.375 e. The first-order valence-corrected chi connectivity index (χ1v) is 3.88. The van der Waals surface area contributed by atoms with Crippen LogP contribution in [0.15, 0.2) is 30.3 Å². The Morgan fingerprint density at radius 1 is 1.42 bits per heavy atom. The maximum Gasteiger partial charge on any atom is 0.129 e. The van der Waals surface area contributed by atoms with Gasteiger partial charge in [-0.25, -0.2) is 5.43 Å². The summed E-state index contributed by atoms with van der Waals surface area (Å²) in [6.45, 7) is 1.64. The lowest BCUT2D eigenvalue weighted by Gasteiger charge is -2.21. The van der Waals surface area contributed by atoms with E-state index in [1.165, 1.54) is 0 Å². The molecule has 0 saturated carbocycles. The first-order valence-electron chi connectivity index (χ1n) is 3.88. The molecule has 0 radical (unpaired) electrons. The summed E-state index contributed by atoms with van der Waals surface area (Å²) in [5, 5.41) is 9.54. The SMILES string of the molecule is CC(O)(Cc1ccccc1)NN. The van der Waals surface area contributed by atoms with Crippen molar-refractivity contribution in [2.24, 2.45) is 5.84 Å². The molecule has 3 heteroatoms. The van der Waals surface area contributed by atoms with Gasteiger partial charge in [0.2, 0.25) is 0 Å². The Labute approximate surface area is 72.2 Å². The lowest BCUT2D eigenvalue weighted by molar-refractivity contribution is 0.0246. The number of hydrogen-bond donors (Lipinski definition) is 3. The third-order valence-electron chi connectivity index (χ3n) is 1.70. The molecule has 12 heavy (non-hydrogen) atoms. The van der Waals surface area contributed by atoms with E-state index in [9.17, 15) is 5.11 Å². The molecule has 4 N–H and O–H groups in total. The number of rotatable bonds is 3. The van der Waals surface area contributed by atoms with E-state index < -0.39 is 5.72 Å². The van der Waals surface area contributed by atoms with Gasteiger partial charge >= 0.3 is 0 Å². The quantitative estimate of drug-likeness (QED) is 0.346. The van der Waals surface area contributed by atoms with Gasteiger partial charge in [0, 0.05) is 6.42 Å². The number of aliphatic hydroxyl groups is 1. The summed E-state index contributed by atoms with van der Waals surface area (Å²) in [5.74, 6) is 5.15. The van der Waals surface area contributed by atoms with Crippen LogP contribution in [0.25, 0.3) is 0 Å². The van der Waals surface area contributed by atoms with Crippen LogP contribution in [0.2, 0.25) is 0 Å². The monoisotopic (exact) mass is 166 g/mol. The number of benzene rings is 1. The average Bonchev–Trinajstić information content (AvgIpc) is 2.06. The molecule has 0 amide bonds. The van der Waals surface area contributed by atoms with Crippen LogP contribution in [0, 0.1) is 0 Å². The highest BCUT2D eigenvalue weighted by molar-refractivity contribution is 5.16. The third kappa shape index (κ3) is 2.62. The smallest absolute Gasteiger partial charge is 0.129 e. The fourth-order valence-corrected chi connectivity index (χ4v) is 1.04. The second kappa shape index (κ2) is 3.67. The summed E-state index contributed by atoms with van der Waals surface area (Å²) >= 11 is 0. The first kappa shape index (κ1) is 9.19. The molecule has 3 nitrogen and oxygen atoms in total. The number of nitrogens with two attached hydrogens (primary N) is 1. The third-order valence-corrected chi connectivity index (χ3v) is 1.70. The Bertz CT molecular complexity index is 234. The molecular weight excluding hydrogens is 152 g/mol. The van der Waals surface area contributed by atoms with Gasteiger partial charge in [-0.1, -0.05) is 30.3 Å². The lowest BCUT2D eigenvalue weighted by atomic mass is 10.1. The number of nitrogens with one attached hydrogen (secondary N) is 1. The average molecular weight is 166 g/mol. The zero-order chi connectivity index (χ0) is 9.03. The van der Waals surface area contributed by atoms with Gasteiger partial charge in [0.1, 0.15) is 5.72 Å². The maximum atomic E-state index is 9.54. The Balaban J connectivity index is 2.64. The molecule has 0 aromatic heterocycles. The van der Waals surface area contributed by atoms with Crippen molar-refractivity contribution in [3.05, 3.63) is 35.9 Å². The standard InChI is InChI=1S/C9H14N2O/c1-9(12,11-10)7-8-5-3-2-4-6-8/h2-6,11-12H,7,10H2,1H3. The van der Waals surface area contributed by atoms with Crippen molar-refractivity contribution in [1.82, 2.24) is 5.43 Å². The van der Waals surface area contributed by atoms with Crippen LogP contribution in [0.1, 0.15) is 12.5 Å². The first-order chi connectivity index (χ1) is 5.64. The van der Waals surface area contributed by atoms with Gasteiger partial charge in [-0.2, -0.15) is 0 Å². The van der Waals surface area contributed by atoms with Crippen LogP contribution in [0.3, 0.4) is 0 Å². The van der Waals surface area contributed by atoms with Crippen molar-refractivity contribution >= 4 is 0 Å². The minimum atomic E-state index is -1.03. The predicted molar refractivity (Wildman–Crippen MR) is 48.1 cm³/mol. The number of hydrazine groups is 1. The van der Waals surface area contributed by atoms with E-state index >= 15 is 0 Å². The van der Waals surface area contributed by atoms with Crippen LogP contribution in [0.4, 0.5) is 0 Å². The van der Waals surface area contributed by atoms with Crippen molar-refractivity contribution in [2.75, 3.05) is 0 Å². The molecule has 66 valence electrons. The van der Waals surface area contributed by atoms with Crippen LogP contribution in [-0.4, -0.2) is 10.8 Å². The van der Waals surface area contributed by atoms with Crippen molar-refractivity contribution < 1.29 is 5.11 Å². The largest absolute Gasteiger partial charge is 0.375 e. The Kier molecular flexibility index (Phi) is 2.81. The Morgan fingerprint density at radius 3 is 2.50 bits per heavy atom. The van der Waals surface area contributed by atoms with E-state index in [-0.39, 0.29) is 0 Å². The number of hydrogen-bond acceptors (Lipinski definition) is 3. The molecule has 0 aliphatic rings. The molecular formula is C9H14N2O. The molecule has 1 aromatic rings. The van der Waals surface area contributed by atoms with Crippen LogP contribution in [-0.2, 0) is 6.42 Å². The molecule has 0 bridgehead atoms. The second-order valence-corrected chi connectivity index (χ2v) is 3.08. The molecule has 0 saturated heterocycles. The lowest BCUT2D eigenvalue weighted by Crippen LogP contribution is -2.48. The van der Waals surface area contributed by atoms with Crippen LogP contribution >= 0.6 is 0 Å². The van der Waals surface area contributed by atoms with Gasteiger partial charge in [0.05, 0.1) is 0 Å².